The highest BCUT2D eigenvalue weighted by Gasteiger charge is 2.23. The molecule has 0 spiro atoms. The van der Waals surface area contributed by atoms with Crippen molar-refractivity contribution in [1.29, 1.82) is 0 Å². The first-order valence-electron chi connectivity index (χ1n) is 8.42. The lowest BCUT2D eigenvalue weighted by Gasteiger charge is -2.27. The van der Waals surface area contributed by atoms with Crippen molar-refractivity contribution in [2.75, 3.05) is 0 Å². The Morgan fingerprint density at radius 2 is 1.25 bits per heavy atom. The van der Waals surface area contributed by atoms with Crippen LogP contribution in [-0.2, 0) is 15.6 Å². The maximum Gasteiger partial charge on any atom is 0.131 e. The molecule has 0 aliphatic heterocycles. The van der Waals surface area contributed by atoms with Crippen LogP contribution in [0.3, 0.4) is 0 Å². The summed E-state index contributed by atoms with van der Waals surface area (Å²) in [6.45, 7) is 13.1. The van der Waals surface area contributed by atoms with Gasteiger partial charge in [0.25, 0.3) is 0 Å². The summed E-state index contributed by atoms with van der Waals surface area (Å²) in [5.41, 5.74) is 4.39. The van der Waals surface area contributed by atoms with Crippen LogP contribution in [0, 0.1) is 0 Å². The minimum absolute atomic E-state index is 0.0123. The molecule has 2 rings (SSSR count). The van der Waals surface area contributed by atoms with Gasteiger partial charge in [-0.1, -0.05) is 71.9 Å². The van der Waals surface area contributed by atoms with Gasteiger partial charge in [0.15, 0.2) is 0 Å². The summed E-state index contributed by atoms with van der Waals surface area (Å²) in [6.07, 6.45) is 0.987. The van der Waals surface area contributed by atoms with E-state index in [0.717, 1.165) is 17.4 Å². The molecular weight excluding hydrogens is 296 g/mol. The Kier molecular flexibility index (Phi) is 4.89. The number of hydrogen-bond donors (Lipinski definition) is 1. The zero-order chi connectivity index (χ0) is 18.1. The van der Waals surface area contributed by atoms with Gasteiger partial charge in [-0.2, -0.15) is 0 Å². The van der Waals surface area contributed by atoms with Crippen molar-refractivity contribution in [3.63, 3.8) is 0 Å². The average Bonchev–Trinajstić information content (AvgIpc) is 2.48. The lowest BCUT2D eigenvalue weighted by Crippen LogP contribution is -2.18. The molecule has 0 radical (unpaired) electrons. The molecule has 1 unspecified atom stereocenters. The van der Waals surface area contributed by atoms with Crippen LogP contribution in [0.5, 0.6) is 5.75 Å². The molecule has 2 aromatic carbocycles. The molecule has 0 heterocycles. The first-order valence-corrected chi connectivity index (χ1v) is 8.42. The van der Waals surface area contributed by atoms with Crippen molar-refractivity contribution in [3.8, 4) is 5.75 Å². The molecule has 0 saturated heterocycles. The van der Waals surface area contributed by atoms with Crippen molar-refractivity contribution in [2.24, 2.45) is 0 Å². The van der Waals surface area contributed by atoms with E-state index in [4.69, 9.17) is 0 Å². The Labute approximate surface area is 145 Å². The zero-order valence-electron chi connectivity index (χ0n) is 15.6. The van der Waals surface area contributed by atoms with Gasteiger partial charge < -0.3 is 9.90 Å². The molecule has 2 heteroatoms. The normalized spacial score (nSPS) is 13.6. The fraction of sp³-hybridized carbons (Fsp3) is 0.409. The molecule has 2 aromatic rings. The molecule has 24 heavy (non-hydrogen) atoms. The second-order valence-electron chi connectivity index (χ2n) is 8.55. The number of phenolic OH excluding ortho intramolecular Hbond substituents is 1. The third kappa shape index (κ3) is 4.05. The van der Waals surface area contributed by atoms with E-state index in [1.807, 2.05) is 12.1 Å². The number of carbonyl (C=O) groups is 1. The van der Waals surface area contributed by atoms with Gasteiger partial charge >= 0.3 is 0 Å². The number of hydrogen-bond acceptors (Lipinski definition) is 2. The van der Waals surface area contributed by atoms with Crippen molar-refractivity contribution in [1.82, 2.24) is 0 Å². The van der Waals surface area contributed by atoms with Gasteiger partial charge in [0.1, 0.15) is 12.0 Å². The van der Waals surface area contributed by atoms with Crippen LogP contribution in [0.15, 0.2) is 42.5 Å². The van der Waals surface area contributed by atoms with Gasteiger partial charge in [-0.3, -0.25) is 0 Å². The van der Waals surface area contributed by atoms with Crippen LogP contribution in [0.1, 0.15) is 69.7 Å². The standard InChI is InChI=1S/C22H28O2/c1-21(2,3)17-11-16(12-18(13-17)22(4,5)6)20(14-23)15-7-9-19(24)10-8-15/h7-14,20,24H,1-6H3. The summed E-state index contributed by atoms with van der Waals surface area (Å²) in [5.74, 6) is -0.115. The lowest BCUT2D eigenvalue weighted by atomic mass is 9.77. The van der Waals surface area contributed by atoms with E-state index in [0.29, 0.717) is 0 Å². The largest absolute Gasteiger partial charge is 0.508 e. The van der Waals surface area contributed by atoms with E-state index in [9.17, 15) is 9.90 Å². The second-order valence-corrected chi connectivity index (χ2v) is 8.55. The first kappa shape index (κ1) is 18.3. The monoisotopic (exact) mass is 324 g/mol. The Bertz CT molecular complexity index is 681. The van der Waals surface area contributed by atoms with Crippen LogP contribution in [0.25, 0.3) is 0 Å². The smallest absolute Gasteiger partial charge is 0.131 e. The van der Waals surface area contributed by atoms with E-state index in [1.54, 1.807) is 12.1 Å². The minimum Gasteiger partial charge on any atom is -0.508 e. The third-order valence-electron chi connectivity index (χ3n) is 4.43. The molecule has 0 aliphatic carbocycles. The maximum atomic E-state index is 11.9. The van der Waals surface area contributed by atoms with Crippen LogP contribution < -0.4 is 0 Å². The van der Waals surface area contributed by atoms with Crippen LogP contribution in [0.2, 0.25) is 0 Å². The summed E-state index contributed by atoms with van der Waals surface area (Å²) in [7, 11) is 0. The quantitative estimate of drug-likeness (QED) is 0.776. The highest BCUT2D eigenvalue weighted by molar-refractivity contribution is 5.69. The van der Waals surface area contributed by atoms with Crippen molar-refractivity contribution in [3.05, 3.63) is 64.7 Å². The van der Waals surface area contributed by atoms with Crippen LogP contribution >= 0.6 is 0 Å². The molecule has 128 valence electrons. The van der Waals surface area contributed by atoms with E-state index in [2.05, 4.69) is 59.7 Å². The minimum atomic E-state index is -0.325. The molecule has 0 amide bonds. The van der Waals surface area contributed by atoms with Crippen LogP contribution in [0.4, 0.5) is 0 Å². The van der Waals surface area contributed by atoms with Gasteiger partial charge in [0.05, 0.1) is 5.92 Å². The van der Waals surface area contributed by atoms with E-state index in [1.165, 1.54) is 11.1 Å². The Balaban J connectivity index is 2.62. The SMILES string of the molecule is CC(C)(C)c1cc(C(C=O)c2ccc(O)cc2)cc(C(C)(C)C)c1. The predicted molar refractivity (Wildman–Crippen MR) is 99.9 cm³/mol. The number of rotatable bonds is 3. The second kappa shape index (κ2) is 6.43. The summed E-state index contributed by atoms with van der Waals surface area (Å²) < 4.78 is 0. The first-order chi connectivity index (χ1) is 11.0. The summed E-state index contributed by atoms with van der Waals surface area (Å²) in [5, 5.41) is 9.49. The van der Waals surface area contributed by atoms with E-state index < -0.39 is 0 Å². The molecule has 1 N–H and O–H groups in total. The van der Waals surface area contributed by atoms with Crippen molar-refractivity contribution >= 4 is 6.29 Å². The van der Waals surface area contributed by atoms with E-state index in [-0.39, 0.29) is 22.5 Å². The average molecular weight is 324 g/mol. The van der Waals surface area contributed by atoms with Gasteiger partial charge in [-0.05, 0) is 45.2 Å². The van der Waals surface area contributed by atoms with Crippen LogP contribution in [-0.4, -0.2) is 11.4 Å². The maximum absolute atomic E-state index is 11.9. The molecule has 1 atom stereocenters. The number of benzene rings is 2. The molecule has 0 fully saturated rings. The highest BCUT2D eigenvalue weighted by atomic mass is 16.3. The number of aldehydes is 1. The number of aromatic hydroxyl groups is 1. The summed E-state index contributed by atoms with van der Waals surface area (Å²) >= 11 is 0. The molecule has 2 nitrogen and oxygen atoms in total. The Hall–Kier alpha value is -2.09. The predicted octanol–water partition coefficient (Wildman–Crippen LogP) is 5.32. The topological polar surface area (TPSA) is 37.3 Å². The van der Waals surface area contributed by atoms with Crippen molar-refractivity contribution < 1.29 is 9.90 Å². The third-order valence-corrected chi connectivity index (χ3v) is 4.43. The summed E-state index contributed by atoms with van der Waals surface area (Å²) in [6, 6.07) is 13.4. The van der Waals surface area contributed by atoms with Crippen molar-refractivity contribution in [2.45, 2.75) is 58.3 Å². The molecule has 0 aliphatic rings. The summed E-state index contributed by atoms with van der Waals surface area (Å²) in [4.78, 5) is 11.9. The Morgan fingerprint density at radius 1 is 0.792 bits per heavy atom. The van der Waals surface area contributed by atoms with Gasteiger partial charge in [-0.25, -0.2) is 0 Å². The fourth-order valence-electron chi connectivity index (χ4n) is 2.73. The van der Waals surface area contributed by atoms with Gasteiger partial charge in [-0.15, -0.1) is 0 Å². The van der Waals surface area contributed by atoms with E-state index >= 15 is 0 Å². The fourth-order valence-corrected chi connectivity index (χ4v) is 2.73. The van der Waals surface area contributed by atoms with Gasteiger partial charge in [0.2, 0.25) is 0 Å². The number of carbonyl (C=O) groups excluding carboxylic acids is 1. The lowest BCUT2D eigenvalue weighted by molar-refractivity contribution is -0.108. The molecule has 0 aromatic heterocycles. The molecule has 0 bridgehead atoms. The number of phenols is 1. The van der Waals surface area contributed by atoms with Gasteiger partial charge in [0, 0.05) is 0 Å². The molecule has 0 saturated carbocycles. The molecular formula is C22H28O2. The zero-order valence-corrected chi connectivity index (χ0v) is 15.6. The highest BCUT2D eigenvalue weighted by Crippen LogP contribution is 2.34. The Morgan fingerprint density at radius 3 is 1.62 bits per heavy atom.